The molecule has 1 N–H and O–H groups in total. The molecule has 0 unspecified atom stereocenters. The van der Waals surface area contributed by atoms with E-state index in [1.54, 1.807) is 7.11 Å². The Morgan fingerprint density at radius 3 is 2.45 bits per heavy atom. The summed E-state index contributed by atoms with van der Waals surface area (Å²) in [6.07, 6.45) is 0. The second-order valence-corrected chi connectivity index (χ2v) is 7.45. The number of rotatable bonds is 6. The van der Waals surface area contributed by atoms with Crippen LogP contribution in [0.25, 0.3) is 0 Å². The number of aryl methyl sites for hydroxylation is 1. The van der Waals surface area contributed by atoms with Gasteiger partial charge in [0.25, 0.3) is 5.91 Å². The molecule has 1 aliphatic heterocycles. The first-order valence-electron chi connectivity index (χ1n) is 9.94. The first-order valence-corrected chi connectivity index (χ1v) is 9.94. The highest BCUT2D eigenvalue weighted by molar-refractivity contribution is 5.96. The number of ether oxygens (including phenoxy) is 1. The van der Waals surface area contributed by atoms with E-state index in [4.69, 9.17) is 4.74 Å². The second kappa shape index (κ2) is 9.67. The minimum absolute atomic E-state index is 0.0242. The maximum Gasteiger partial charge on any atom is 0.254 e. The maximum atomic E-state index is 12.9. The van der Waals surface area contributed by atoms with Crippen molar-refractivity contribution in [3.8, 4) is 0 Å². The molecule has 6 nitrogen and oxygen atoms in total. The van der Waals surface area contributed by atoms with Crippen LogP contribution >= 0.6 is 0 Å². The van der Waals surface area contributed by atoms with Crippen LogP contribution in [0.3, 0.4) is 0 Å². The fourth-order valence-corrected chi connectivity index (χ4v) is 3.57. The van der Waals surface area contributed by atoms with Gasteiger partial charge in [-0.15, -0.1) is 0 Å². The van der Waals surface area contributed by atoms with Gasteiger partial charge in [-0.25, -0.2) is 0 Å². The van der Waals surface area contributed by atoms with Gasteiger partial charge in [-0.3, -0.25) is 14.5 Å². The van der Waals surface area contributed by atoms with Crippen molar-refractivity contribution in [3.63, 3.8) is 0 Å². The van der Waals surface area contributed by atoms with Crippen molar-refractivity contribution in [1.29, 1.82) is 0 Å². The summed E-state index contributed by atoms with van der Waals surface area (Å²) in [5.41, 5.74) is 4.69. The molecule has 0 saturated carbocycles. The predicted molar refractivity (Wildman–Crippen MR) is 114 cm³/mol. The van der Waals surface area contributed by atoms with Gasteiger partial charge in [0, 0.05) is 44.5 Å². The topological polar surface area (TPSA) is 61.9 Å². The zero-order valence-electron chi connectivity index (χ0n) is 17.4. The molecule has 29 heavy (non-hydrogen) atoms. The molecule has 1 saturated heterocycles. The number of hydrogen-bond acceptors (Lipinski definition) is 4. The quantitative estimate of drug-likeness (QED) is 0.817. The lowest BCUT2D eigenvalue weighted by Gasteiger charge is -2.34. The van der Waals surface area contributed by atoms with E-state index in [0.29, 0.717) is 44.9 Å². The molecule has 6 heteroatoms. The maximum absolute atomic E-state index is 12.9. The highest BCUT2D eigenvalue weighted by Crippen LogP contribution is 2.18. The monoisotopic (exact) mass is 395 g/mol. The summed E-state index contributed by atoms with van der Waals surface area (Å²) in [5.74, 6) is 0.000976. The Morgan fingerprint density at radius 1 is 1.00 bits per heavy atom. The van der Waals surface area contributed by atoms with Crippen LogP contribution in [0.2, 0.25) is 0 Å². The van der Waals surface area contributed by atoms with Crippen LogP contribution in [-0.2, 0) is 16.1 Å². The van der Waals surface area contributed by atoms with Gasteiger partial charge in [-0.05, 0) is 42.7 Å². The van der Waals surface area contributed by atoms with Gasteiger partial charge in [0.15, 0.2) is 0 Å². The second-order valence-electron chi connectivity index (χ2n) is 7.45. The van der Waals surface area contributed by atoms with Crippen molar-refractivity contribution in [3.05, 3.63) is 64.7 Å². The summed E-state index contributed by atoms with van der Waals surface area (Å²) in [4.78, 5) is 29.3. The molecule has 3 rings (SSSR count). The largest absolute Gasteiger partial charge is 0.380 e. The fourth-order valence-electron chi connectivity index (χ4n) is 3.57. The van der Waals surface area contributed by atoms with Crippen LogP contribution in [-0.4, -0.2) is 61.4 Å². The Labute approximate surface area is 172 Å². The van der Waals surface area contributed by atoms with E-state index >= 15 is 0 Å². The summed E-state index contributed by atoms with van der Waals surface area (Å²) >= 11 is 0. The third-order valence-electron chi connectivity index (χ3n) is 5.45. The number of carbonyl (C=O) groups is 2. The zero-order chi connectivity index (χ0) is 20.8. The van der Waals surface area contributed by atoms with Crippen LogP contribution in [0.4, 0.5) is 5.69 Å². The number of anilines is 1. The van der Waals surface area contributed by atoms with Crippen LogP contribution in [0, 0.1) is 13.8 Å². The molecule has 2 amide bonds. The molecule has 2 aromatic rings. The first-order chi connectivity index (χ1) is 14.0. The van der Waals surface area contributed by atoms with Gasteiger partial charge in [0.2, 0.25) is 5.91 Å². The Balaban J connectivity index is 1.53. The average molecular weight is 396 g/mol. The highest BCUT2D eigenvalue weighted by atomic mass is 16.5. The fraction of sp³-hybridized carbons (Fsp3) is 0.391. The van der Waals surface area contributed by atoms with Gasteiger partial charge in [0.1, 0.15) is 0 Å². The van der Waals surface area contributed by atoms with E-state index in [1.165, 1.54) is 0 Å². The van der Waals surface area contributed by atoms with Gasteiger partial charge in [0.05, 0.1) is 13.2 Å². The lowest BCUT2D eigenvalue weighted by Crippen LogP contribution is -2.50. The van der Waals surface area contributed by atoms with Crippen LogP contribution in [0.5, 0.6) is 0 Å². The van der Waals surface area contributed by atoms with Crippen molar-refractivity contribution >= 4 is 17.5 Å². The summed E-state index contributed by atoms with van der Waals surface area (Å²) in [7, 11) is 1.63. The summed E-state index contributed by atoms with van der Waals surface area (Å²) in [6, 6.07) is 13.5. The van der Waals surface area contributed by atoms with Gasteiger partial charge < -0.3 is 15.0 Å². The van der Waals surface area contributed by atoms with Crippen molar-refractivity contribution < 1.29 is 14.3 Å². The molecular formula is C23H29N3O3. The van der Waals surface area contributed by atoms with E-state index in [2.05, 4.69) is 10.2 Å². The number of nitrogens with zero attached hydrogens (tertiary/aromatic N) is 2. The first kappa shape index (κ1) is 21.0. The molecule has 1 aliphatic rings. The smallest absolute Gasteiger partial charge is 0.254 e. The lowest BCUT2D eigenvalue weighted by molar-refractivity contribution is -0.117. The SMILES string of the molecule is COCc1ccccc1C(=O)N1CCN(CC(=O)Nc2cccc(C)c2C)CC1. The van der Waals surface area contributed by atoms with Crippen molar-refractivity contribution in [2.24, 2.45) is 0 Å². The van der Waals surface area contributed by atoms with Crippen LogP contribution in [0.1, 0.15) is 27.0 Å². The van der Waals surface area contributed by atoms with Crippen LogP contribution < -0.4 is 5.32 Å². The zero-order valence-corrected chi connectivity index (χ0v) is 17.4. The number of benzene rings is 2. The number of methoxy groups -OCH3 is 1. The average Bonchev–Trinajstić information content (AvgIpc) is 2.72. The Bertz CT molecular complexity index is 873. The molecule has 0 radical (unpaired) electrons. The molecule has 154 valence electrons. The summed E-state index contributed by atoms with van der Waals surface area (Å²) < 4.78 is 5.21. The molecule has 1 fully saturated rings. The number of hydrogen-bond donors (Lipinski definition) is 1. The Kier molecular flexibility index (Phi) is 7.01. The molecule has 0 spiro atoms. The minimum Gasteiger partial charge on any atom is -0.380 e. The third kappa shape index (κ3) is 5.22. The molecular weight excluding hydrogens is 366 g/mol. The molecule has 0 atom stereocenters. The third-order valence-corrected chi connectivity index (χ3v) is 5.45. The number of nitrogens with one attached hydrogen (secondary N) is 1. The van der Waals surface area contributed by atoms with Gasteiger partial charge in [-0.1, -0.05) is 30.3 Å². The van der Waals surface area contributed by atoms with Crippen molar-refractivity contribution in [1.82, 2.24) is 9.80 Å². The minimum atomic E-state index is -0.0242. The van der Waals surface area contributed by atoms with E-state index in [9.17, 15) is 9.59 Å². The molecule has 1 heterocycles. The van der Waals surface area contributed by atoms with Gasteiger partial charge >= 0.3 is 0 Å². The highest BCUT2D eigenvalue weighted by Gasteiger charge is 2.24. The summed E-state index contributed by atoms with van der Waals surface area (Å²) in [5, 5.41) is 3.00. The normalized spacial score (nSPS) is 14.7. The Hall–Kier alpha value is -2.70. The molecule has 0 aliphatic carbocycles. The van der Waals surface area contributed by atoms with E-state index in [1.807, 2.05) is 61.2 Å². The molecule has 0 aromatic heterocycles. The van der Waals surface area contributed by atoms with Crippen molar-refractivity contribution in [2.75, 3.05) is 45.2 Å². The number of piperazine rings is 1. The van der Waals surface area contributed by atoms with Crippen LogP contribution in [0.15, 0.2) is 42.5 Å². The molecule has 0 bridgehead atoms. The standard InChI is InChI=1S/C23H29N3O3/c1-17-7-6-10-21(18(17)2)24-22(27)15-25-11-13-26(14-12-25)23(28)20-9-5-4-8-19(20)16-29-3/h4-10H,11-16H2,1-3H3,(H,24,27). The van der Waals surface area contributed by atoms with Crippen molar-refractivity contribution in [2.45, 2.75) is 20.5 Å². The lowest BCUT2D eigenvalue weighted by atomic mass is 10.1. The Morgan fingerprint density at radius 2 is 1.72 bits per heavy atom. The van der Waals surface area contributed by atoms with E-state index in [-0.39, 0.29) is 11.8 Å². The summed E-state index contributed by atoms with van der Waals surface area (Å²) in [6.45, 7) is 7.36. The number of amides is 2. The van der Waals surface area contributed by atoms with E-state index < -0.39 is 0 Å². The van der Waals surface area contributed by atoms with E-state index in [0.717, 1.165) is 22.4 Å². The molecule has 2 aromatic carbocycles. The number of carbonyl (C=O) groups excluding carboxylic acids is 2. The van der Waals surface area contributed by atoms with Gasteiger partial charge in [-0.2, -0.15) is 0 Å². The predicted octanol–water partition coefficient (Wildman–Crippen LogP) is 2.85.